The first-order valence-corrected chi connectivity index (χ1v) is 11.2. The third-order valence-electron chi connectivity index (χ3n) is 4.67. The summed E-state index contributed by atoms with van der Waals surface area (Å²) in [5.74, 6) is 1.79. The van der Waals surface area contributed by atoms with Gasteiger partial charge in [-0.05, 0) is 56.2 Å². The average Bonchev–Trinajstić information content (AvgIpc) is 3.26. The molecule has 3 aromatic rings. The Morgan fingerprint density at radius 2 is 1.97 bits per heavy atom. The standard InChI is InChI=1S/C25H28ClN3O4/c1-5-14-29(16-23-27-28-25(33-23)19-8-6-7-9-20(19)26)24(30)13-11-18-10-12-21(32-17(2)3)22(15-18)31-4/h6-13,15,17H,5,14,16H2,1-4H3/b13-11+. The smallest absolute Gasteiger partial charge is 0.249 e. The lowest BCUT2D eigenvalue weighted by molar-refractivity contribution is -0.126. The summed E-state index contributed by atoms with van der Waals surface area (Å²) in [6.45, 7) is 6.67. The van der Waals surface area contributed by atoms with E-state index in [9.17, 15) is 4.79 Å². The third kappa shape index (κ3) is 6.58. The SMILES string of the molecule is CCCN(Cc1nnc(-c2ccccc2Cl)o1)C(=O)/C=C/c1ccc(OC(C)C)c(OC)c1. The monoisotopic (exact) mass is 469 g/mol. The number of nitrogens with zero attached hydrogens (tertiary/aromatic N) is 3. The summed E-state index contributed by atoms with van der Waals surface area (Å²) < 4.78 is 16.9. The molecule has 1 aromatic heterocycles. The van der Waals surface area contributed by atoms with E-state index in [0.29, 0.717) is 40.4 Å². The average molecular weight is 470 g/mol. The van der Waals surface area contributed by atoms with Gasteiger partial charge < -0.3 is 18.8 Å². The van der Waals surface area contributed by atoms with Crippen molar-refractivity contribution in [3.63, 3.8) is 0 Å². The van der Waals surface area contributed by atoms with Crippen molar-refractivity contribution in [2.24, 2.45) is 0 Å². The number of halogens is 1. The highest BCUT2D eigenvalue weighted by Gasteiger charge is 2.17. The molecule has 0 fully saturated rings. The molecule has 0 radical (unpaired) electrons. The fraction of sp³-hybridized carbons (Fsp3) is 0.320. The predicted octanol–water partition coefficient (Wildman–Crippen LogP) is 5.64. The molecule has 0 aliphatic carbocycles. The van der Waals surface area contributed by atoms with Crippen molar-refractivity contribution in [3.05, 3.63) is 65.0 Å². The molecular weight excluding hydrogens is 442 g/mol. The Hall–Kier alpha value is -3.32. The first-order chi connectivity index (χ1) is 15.9. The number of carbonyl (C=O) groups is 1. The zero-order chi connectivity index (χ0) is 23.8. The van der Waals surface area contributed by atoms with E-state index < -0.39 is 0 Å². The van der Waals surface area contributed by atoms with Crippen LogP contribution in [0, 0.1) is 0 Å². The molecule has 33 heavy (non-hydrogen) atoms. The van der Waals surface area contributed by atoms with Gasteiger partial charge in [-0.15, -0.1) is 10.2 Å². The molecular formula is C25H28ClN3O4. The maximum absolute atomic E-state index is 12.9. The molecule has 3 rings (SSSR count). The minimum Gasteiger partial charge on any atom is -0.493 e. The van der Waals surface area contributed by atoms with Gasteiger partial charge in [0.1, 0.15) is 0 Å². The quantitative estimate of drug-likeness (QED) is 0.358. The molecule has 7 nitrogen and oxygen atoms in total. The second-order valence-corrected chi connectivity index (χ2v) is 8.06. The van der Waals surface area contributed by atoms with E-state index in [-0.39, 0.29) is 18.6 Å². The van der Waals surface area contributed by atoms with Crippen LogP contribution in [-0.2, 0) is 11.3 Å². The molecule has 1 heterocycles. The molecule has 0 aliphatic rings. The zero-order valence-corrected chi connectivity index (χ0v) is 20.0. The predicted molar refractivity (Wildman–Crippen MR) is 128 cm³/mol. The van der Waals surface area contributed by atoms with E-state index in [1.54, 1.807) is 24.2 Å². The Morgan fingerprint density at radius 1 is 1.18 bits per heavy atom. The lowest BCUT2D eigenvalue weighted by Gasteiger charge is -2.18. The van der Waals surface area contributed by atoms with Crippen molar-refractivity contribution >= 4 is 23.6 Å². The molecule has 0 saturated carbocycles. The normalized spacial score (nSPS) is 11.2. The van der Waals surface area contributed by atoms with Crippen LogP contribution in [0.5, 0.6) is 11.5 Å². The number of methoxy groups -OCH3 is 1. The van der Waals surface area contributed by atoms with Crippen LogP contribution in [0.1, 0.15) is 38.6 Å². The van der Waals surface area contributed by atoms with E-state index in [1.165, 1.54) is 6.08 Å². The van der Waals surface area contributed by atoms with Gasteiger partial charge in [0, 0.05) is 12.6 Å². The van der Waals surface area contributed by atoms with Crippen molar-refractivity contribution in [1.82, 2.24) is 15.1 Å². The van der Waals surface area contributed by atoms with Crippen LogP contribution in [0.25, 0.3) is 17.5 Å². The maximum Gasteiger partial charge on any atom is 0.249 e. The maximum atomic E-state index is 12.9. The van der Waals surface area contributed by atoms with Gasteiger partial charge in [-0.3, -0.25) is 4.79 Å². The highest BCUT2D eigenvalue weighted by molar-refractivity contribution is 6.33. The fourth-order valence-corrected chi connectivity index (χ4v) is 3.39. The second kappa shape index (κ2) is 11.5. The number of aromatic nitrogens is 2. The number of amides is 1. The molecule has 0 atom stereocenters. The van der Waals surface area contributed by atoms with Gasteiger partial charge in [-0.25, -0.2) is 0 Å². The summed E-state index contributed by atoms with van der Waals surface area (Å²) in [6.07, 6.45) is 4.10. The zero-order valence-electron chi connectivity index (χ0n) is 19.2. The molecule has 0 saturated heterocycles. The van der Waals surface area contributed by atoms with Gasteiger partial charge in [0.25, 0.3) is 0 Å². The van der Waals surface area contributed by atoms with Crippen LogP contribution in [0.3, 0.4) is 0 Å². The van der Waals surface area contributed by atoms with Crippen LogP contribution in [0.2, 0.25) is 5.02 Å². The molecule has 8 heteroatoms. The first-order valence-electron chi connectivity index (χ1n) is 10.8. The molecule has 0 N–H and O–H groups in total. The van der Waals surface area contributed by atoms with Crippen molar-refractivity contribution < 1.29 is 18.7 Å². The molecule has 1 amide bonds. The highest BCUT2D eigenvalue weighted by atomic mass is 35.5. The number of benzene rings is 2. The molecule has 0 unspecified atom stereocenters. The van der Waals surface area contributed by atoms with Crippen LogP contribution < -0.4 is 9.47 Å². The summed E-state index contributed by atoms with van der Waals surface area (Å²) in [6, 6.07) is 12.8. The van der Waals surface area contributed by atoms with Gasteiger partial charge in [-0.1, -0.05) is 36.7 Å². The van der Waals surface area contributed by atoms with E-state index in [1.807, 2.05) is 57.2 Å². The Bertz CT molecular complexity index is 1110. The van der Waals surface area contributed by atoms with Crippen LogP contribution in [0.4, 0.5) is 0 Å². The van der Waals surface area contributed by atoms with E-state index >= 15 is 0 Å². The van der Waals surface area contributed by atoms with E-state index in [4.69, 9.17) is 25.5 Å². The number of rotatable bonds is 10. The Morgan fingerprint density at radius 3 is 2.67 bits per heavy atom. The topological polar surface area (TPSA) is 77.7 Å². The molecule has 0 spiro atoms. The lowest BCUT2D eigenvalue weighted by atomic mass is 10.2. The molecule has 174 valence electrons. The Labute approximate surface area is 199 Å². The van der Waals surface area contributed by atoms with Gasteiger partial charge in [0.05, 0.1) is 30.3 Å². The Balaban J connectivity index is 1.72. The lowest BCUT2D eigenvalue weighted by Crippen LogP contribution is -2.29. The van der Waals surface area contributed by atoms with Crippen LogP contribution >= 0.6 is 11.6 Å². The first kappa shape index (κ1) is 24.3. The summed E-state index contributed by atoms with van der Waals surface area (Å²) in [5.41, 5.74) is 1.48. The Kier molecular flexibility index (Phi) is 8.49. The minimum absolute atomic E-state index is 0.0348. The third-order valence-corrected chi connectivity index (χ3v) is 5.00. The van der Waals surface area contributed by atoms with Crippen molar-refractivity contribution in [3.8, 4) is 23.0 Å². The van der Waals surface area contributed by atoms with E-state index in [2.05, 4.69) is 10.2 Å². The van der Waals surface area contributed by atoms with Gasteiger partial charge in [-0.2, -0.15) is 0 Å². The van der Waals surface area contributed by atoms with Crippen molar-refractivity contribution in [1.29, 1.82) is 0 Å². The molecule has 0 aliphatic heterocycles. The number of hydrogen-bond acceptors (Lipinski definition) is 6. The number of hydrogen-bond donors (Lipinski definition) is 0. The number of ether oxygens (including phenoxy) is 2. The highest BCUT2D eigenvalue weighted by Crippen LogP contribution is 2.29. The minimum atomic E-state index is -0.157. The molecule has 2 aromatic carbocycles. The van der Waals surface area contributed by atoms with Crippen molar-refractivity contribution in [2.75, 3.05) is 13.7 Å². The fourth-order valence-electron chi connectivity index (χ4n) is 3.17. The van der Waals surface area contributed by atoms with Gasteiger partial charge in [0.2, 0.25) is 17.7 Å². The summed E-state index contributed by atoms with van der Waals surface area (Å²) >= 11 is 6.21. The van der Waals surface area contributed by atoms with Crippen LogP contribution in [-0.4, -0.2) is 40.8 Å². The van der Waals surface area contributed by atoms with E-state index in [0.717, 1.165) is 12.0 Å². The number of carbonyl (C=O) groups excluding carboxylic acids is 1. The van der Waals surface area contributed by atoms with Gasteiger partial charge >= 0.3 is 0 Å². The second-order valence-electron chi connectivity index (χ2n) is 7.65. The van der Waals surface area contributed by atoms with Crippen molar-refractivity contribution in [2.45, 2.75) is 39.8 Å². The summed E-state index contributed by atoms with van der Waals surface area (Å²) in [7, 11) is 1.59. The van der Waals surface area contributed by atoms with Crippen LogP contribution in [0.15, 0.2) is 53.0 Å². The summed E-state index contributed by atoms with van der Waals surface area (Å²) in [5, 5.41) is 8.69. The molecule has 0 bridgehead atoms. The summed E-state index contributed by atoms with van der Waals surface area (Å²) in [4.78, 5) is 14.5. The van der Waals surface area contributed by atoms with Gasteiger partial charge in [0.15, 0.2) is 11.5 Å². The largest absolute Gasteiger partial charge is 0.493 e.